The van der Waals surface area contributed by atoms with Gasteiger partial charge in [-0.25, -0.2) is 4.68 Å². The first-order valence-corrected chi connectivity index (χ1v) is 8.03. The molecule has 0 atom stereocenters. The van der Waals surface area contributed by atoms with E-state index in [9.17, 15) is 10.1 Å². The SMILES string of the molecule is O=[N+]([O-])c1ccc(-n2nc(-c3ccncc3)cc2-c2ccccc2)cc1. The van der Waals surface area contributed by atoms with Crippen LogP contribution in [-0.2, 0) is 0 Å². The predicted molar refractivity (Wildman–Crippen MR) is 98.9 cm³/mol. The van der Waals surface area contributed by atoms with E-state index >= 15 is 0 Å². The van der Waals surface area contributed by atoms with E-state index in [1.54, 1.807) is 29.2 Å². The molecule has 0 aliphatic heterocycles. The monoisotopic (exact) mass is 342 g/mol. The molecular weight excluding hydrogens is 328 g/mol. The number of non-ortho nitro benzene ring substituents is 1. The molecule has 0 bridgehead atoms. The molecule has 6 nitrogen and oxygen atoms in total. The highest BCUT2D eigenvalue weighted by molar-refractivity contribution is 5.70. The molecule has 26 heavy (non-hydrogen) atoms. The Morgan fingerprint density at radius 2 is 1.54 bits per heavy atom. The van der Waals surface area contributed by atoms with Gasteiger partial charge in [0.25, 0.3) is 5.69 Å². The quantitative estimate of drug-likeness (QED) is 0.404. The smallest absolute Gasteiger partial charge is 0.265 e. The van der Waals surface area contributed by atoms with Crippen LogP contribution in [0, 0.1) is 10.1 Å². The minimum Gasteiger partial charge on any atom is -0.265 e. The first kappa shape index (κ1) is 15.7. The van der Waals surface area contributed by atoms with Crippen molar-refractivity contribution in [3.63, 3.8) is 0 Å². The van der Waals surface area contributed by atoms with E-state index in [1.807, 2.05) is 48.5 Å². The predicted octanol–water partition coefficient (Wildman–Crippen LogP) is 4.51. The van der Waals surface area contributed by atoms with Crippen LogP contribution in [0.25, 0.3) is 28.2 Å². The summed E-state index contributed by atoms with van der Waals surface area (Å²) in [6.07, 6.45) is 3.45. The fourth-order valence-electron chi connectivity index (χ4n) is 2.77. The van der Waals surface area contributed by atoms with Gasteiger partial charge >= 0.3 is 0 Å². The van der Waals surface area contributed by atoms with Gasteiger partial charge < -0.3 is 0 Å². The average molecular weight is 342 g/mol. The summed E-state index contributed by atoms with van der Waals surface area (Å²) in [7, 11) is 0. The Bertz CT molecular complexity index is 1040. The summed E-state index contributed by atoms with van der Waals surface area (Å²) in [4.78, 5) is 14.5. The van der Waals surface area contributed by atoms with Crippen LogP contribution in [0.4, 0.5) is 5.69 Å². The van der Waals surface area contributed by atoms with Gasteiger partial charge in [-0.05, 0) is 30.3 Å². The Balaban J connectivity index is 1.87. The molecule has 2 heterocycles. The van der Waals surface area contributed by atoms with Crippen molar-refractivity contribution in [1.29, 1.82) is 0 Å². The number of pyridine rings is 1. The molecule has 0 saturated heterocycles. The first-order chi connectivity index (χ1) is 12.7. The Kier molecular flexibility index (Phi) is 3.99. The molecular formula is C20H14N4O2. The van der Waals surface area contributed by atoms with Crippen molar-refractivity contribution in [1.82, 2.24) is 14.8 Å². The van der Waals surface area contributed by atoms with E-state index in [1.165, 1.54) is 12.1 Å². The maximum atomic E-state index is 10.9. The number of hydrogen-bond acceptors (Lipinski definition) is 4. The van der Waals surface area contributed by atoms with Crippen molar-refractivity contribution in [2.45, 2.75) is 0 Å². The number of benzene rings is 2. The lowest BCUT2D eigenvalue weighted by atomic mass is 10.1. The van der Waals surface area contributed by atoms with E-state index < -0.39 is 4.92 Å². The van der Waals surface area contributed by atoms with Crippen LogP contribution < -0.4 is 0 Å². The summed E-state index contributed by atoms with van der Waals surface area (Å²) in [6, 6.07) is 22.1. The molecule has 4 aromatic rings. The Morgan fingerprint density at radius 1 is 0.846 bits per heavy atom. The third kappa shape index (κ3) is 2.95. The number of aromatic nitrogens is 3. The highest BCUT2D eigenvalue weighted by Crippen LogP contribution is 2.29. The summed E-state index contributed by atoms with van der Waals surface area (Å²) in [5, 5.41) is 15.6. The van der Waals surface area contributed by atoms with Crippen LogP contribution >= 0.6 is 0 Å². The summed E-state index contributed by atoms with van der Waals surface area (Å²) < 4.78 is 1.80. The summed E-state index contributed by atoms with van der Waals surface area (Å²) in [5.74, 6) is 0. The van der Waals surface area contributed by atoms with Crippen LogP contribution in [0.15, 0.2) is 85.2 Å². The largest absolute Gasteiger partial charge is 0.269 e. The molecule has 0 saturated carbocycles. The number of nitro groups is 1. The Morgan fingerprint density at radius 3 is 2.19 bits per heavy atom. The summed E-state index contributed by atoms with van der Waals surface area (Å²) in [5.41, 5.74) is 4.50. The molecule has 4 rings (SSSR count). The lowest BCUT2D eigenvalue weighted by molar-refractivity contribution is -0.384. The van der Waals surface area contributed by atoms with Crippen LogP contribution in [0.5, 0.6) is 0 Å². The van der Waals surface area contributed by atoms with Gasteiger partial charge in [0, 0.05) is 35.7 Å². The van der Waals surface area contributed by atoms with Gasteiger partial charge in [0.15, 0.2) is 0 Å². The molecule has 6 heteroatoms. The fourth-order valence-corrected chi connectivity index (χ4v) is 2.77. The lowest BCUT2D eigenvalue weighted by Gasteiger charge is -2.07. The molecule has 0 aliphatic rings. The van der Waals surface area contributed by atoms with Gasteiger partial charge in [-0.1, -0.05) is 30.3 Å². The number of hydrogen-bond donors (Lipinski definition) is 0. The van der Waals surface area contributed by atoms with Crippen LogP contribution in [0.2, 0.25) is 0 Å². The maximum absolute atomic E-state index is 10.9. The molecule has 0 spiro atoms. The van der Waals surface area contributed by atoms with Crippen LogP contribution in [-0.4, -0.2) is 19.7 Å². The molecule has 0 fully saturated rings. The van der Waals surface area contributed by atoms with Crippen molar-refractivity contribution < 1.29 is 4.92 Å². The minimum absolute atomic E-state index is 0.0523. The Hall–Kier alpha value is -3.80. The van der Waals surface area contributed by atoms with Gasteiger partial charge in [0.2, 0.25) is 0 Å². The molecule has 2 aromatic heterocycles. The molecule has 0 amide bonds. The van der Waals surface area contributed by atoms with Crippen molar-refractivity contribution in [2.24, 2.45) is 0 Å². The third-order valence-corrected chi connectivity index (χ3v) is 4.06. The lowest BCUT2D eigenvalue weighted by Crippen LogP contribution is -1.99. The molecule has 0 unspecified atom stereocenters. The zero-order valence-corrected chi connectivity index (χ0v) is 13.7. The highest BCUT2D eigenvalue weighted by atomic mass is 16.6. The van der Waals surface area contributed by atoms with Gasteiger partial charge in [0.1, 0.15) is 0 Å². The topological polar surface area (TPSA) is 73.8 Å². The van der Waals surface area contributed by atoms with Gasteiger partial charge in [0.05, 0.1) is 22.0 Å². The van der Waals surface area contributed by atoms with Crippen molar-refractivity contribution in [3.05, 3.63) is 95.3 Å². The molecule has 126 valence electrons. The van der Waals surface area contributed by atoms with E-state index in [0.29, 0.717) is 0 Å². The van der Waals surface area contributed by atoms with E-state index in [4.69, 9.17) is 5.10 Å². The van der Waals surface area contributed by atoms with Gasteiger partial charge in [-0.2, -0.15) is 5.10 Å². The van der Waals surface area contributed by atoms with E-state index in [-0.39, 0.29) is 5.69 Å². The first-order valence-electron chi connectivity index (χ1n) is 8.03. The van der Waals surface area contributed by atoms with Crippen molar-refractivity contribution >= 4 is 5.69 Å². The van der Waals surface area contributed by atoms with Gasteiger partial charge in [-0.15, -0.1) is 0 Å². The summed E-state index contributed by atoms with van der Waals surface area (Å²) >= 11 is 0. The number of nitro benzene ring substituents is 1. The highest BCUT2D eigenvalue weighted by Gasteiger charge is 2.14. The maximum Gasteiger partial charge on any atom is 0.269 e. The average Bonchev–Trinajstić information content (AvgIpc) is 3.15. The number of rotatable bonds is 4. The second-order valence-electron chi connectivity index (χ2n) is 5.70. The minimum atomic E-state index is -0.409. The molecule has 0 radical (unpaired) electrons. The number of nitrogens with zero attached hydrogens (tertiary/aromatic N) is 4. The molecule has 0 N–H and O–H groups in total. The molecule has 2 aromatic carbocycles. The zero-order chi connectivity index (χ0) is 17.9. The van der Waals surface area contributed by atoms with E-state index in [2.05, 4.69) is 4.98 Å². The van der Waals surface area contributed by atoms with Crippen molar-refractivity contribution in [3.8, 4) is 28.2 Å². The van der Waals surface area contributed by atoms with Crippen LogP contribution in [0.3, 0.4) is 0 Å². The molecule has 0 aliphatic carbocycles. The second kappa shape index (κ2) is 6.60. The fraction of sp³-hybridized carbons (Fsp3) is 0. The second-order valence-corrected chi connectivity index (χ2v) is 5.70. The standard InChI is InChI=1S/C20H14N4O2/c25-24(26)18-8-6-17(7-9-18)23-20(16-4-2-1-3-5-16)14-19(22-23)15-10-12-21-13-11-15/h1-14H. The normalized spacial score (nSPS) is 10.6. The van der Waals surface area contributed by atoms with E-state index in [0.717, 1.165) is 28.2 Å². The van der Waals surface area contributed by atoms with Crippen LogP contribution in [0.1, 0.15) is 0 Å². The summed E-state index contributed by atoms with van der Waals surface area (Å²) in [6.45, 7) is 0. The Labute approximate surface area is 149 Å². The van der Waals surface area contributed by atoms with Crippen molar-refractivity contribution in [2.75, 3.05) is 0 Å². The van der Waals surface area contributed by atoms with Gasteiger partial charge in [-0.3, -0.25) is 15.1 Å². The zero-order valence-electron chi connectivity index (χ0n) is 13.7. The third-order valence-electron chi connectivity index (χ3n) is 4.06.